The number of ether oxygens (including phenoxy) is 2. The average molecular weight is 388 g/mol. The molecule has 0 bridgehead atoms. The van der Waals surface area contributed by atoms with Crippen LogP contribution in [-0.4, -0.2) is 18.0 Å². The molecule has 0 amide bonds. The van der Waals surface area contributed by atoms with E-state index in [1.54, 1.807) is 25.3 Å². The molecule has 0 spiro atoms. The number of methoxy groups -OCH3 is 1. The Kier molecular flexibility index (Phi) is 6.35. The Morgan fingerprint density at radius 2 is 1.83 bits per heavy atom. The molecular formula is C25H24O4. The zero-order valence-corrected chi connectivity index (χ0v) is 16.8. The van der Waals surface area contributed by atoms with Crippen LogP contribution in [-0.2, 0) is 6.61 Å². The van der Waals surface area contributed by atoms with Gasteiger partial charge in [-0.3, -0.25) is 4.79 Å². The highest BCUT2D eigenvalue weighted by atomic mass is 16.5. The SMILES string of the molecule is COc1ccc(/C=C/C(=O)c2cccc(O)c2)cc1COc1cc(C)ccc1C. The first-order valence-electron chi connectivity index (χ1n) is 9.34. The summed E-state index contributed by atoms with van der Waals surface area (Å²) in [6, 6.07) is 18.1. The molecule has 1 N–H and O–H groups in total. The van der Waals surface area contributed by atoms with Crippen molar-refractivity contribution in [2.45, 2.75) is 20.5 Å². The highest BCUT2D eigenvalue weighted by Crippen LogP contribution is 2.25. The minimum atomic E-state index is -0.176. The minimum absolute atomic E-state index is 0.0691. The highest BCUT2D eigenvalue weighted by molar-refractivity contribution is 6.07. The van der Waals surface area contributed by atoms with Crippen molar-refractivity contribution < 1.29 is 19.4 Å². The zero-order chi connectivity index (χ0) is 20.8. The number of aryl methyl sites for hydroxylation is 2. The van der Waals surface area contributed by atoms with Crippen molar-refractivity contribution in [3.05, 3.63) is 94.6 Å². The van der Waals surface area contributed by atoms with Crippen molar-refractivity contribution >= 4 is 11.9 Å². The molecule has 4 heteroatoms. The Morgan fingerprint density at radius 1 is 1.00 bits per heavy atom. The molecule has 0 aliphatic carbocycles. The third-order valence-electron chi connectivity index (χ3n) is 4.59. The summed E-state index contributed by atoms with van der Waals surface area (Å²) >= 11 is 0. The molecule has 0 heterocycles. The quantitative estimate of drug-likeness (QED) is 0.429. The van der Waals surface area contributed by atoms with Gasteiger partial charge in [0, 0.05) is 11.1 Å². The molecule has 0 aliphatic heterocycles. The van der Waals surface area contributed by atoms with Gasteiger partial charge in [-0.1, -0.05) is 36.4 Å². The number of allylic oxidation sites excluding steroid dienone is 1. The molecule has 29 heavy (non-hydrogen) atoms. The number of rotatable bonds is 7. The summed E-state index contributed by atoms with van der Waals surface area (Å²) in [4.78, 5) is 12.3. The first-order valence-corrected chi connectivity index (χ1v) is 9.34. The minimum Gasteiger partial charge on any atom is -0.508 e. The van der Waals surface area contributed by atoms with Gasteiger partial charge in [-0.05, 0) is 66.9 Å². The Bertz CT molecular complexity index is 1050. The number of hydrogen-bond donors (Lipinski definition) is 1. The monoisotopic (exact) mass is 388 g/mol. The standard InChI is InChI=1S/C25H24O4/c1-17-7-8-18(2)25(13-17)29-16-21-14-19(10-12-24(21)28-3)9-11-23(27)20-5-4-6-22(26)15-20/h4-15,26H,16H2,1-3H3/b11-9+. The largest absolute Gasteiger partial charge is 0.508 e. The van der Waals surface area contributed by atoms with Crippen molar-refractivity contribution in [1.82, 2.24) is 0 Å². The zero-order valence-electron chi connectivity index (χ0n) is 16.8. The molecule has 0 radical (unpaired) electrons. The molecule has 0 saturated heterocycles. The predicted molar refractivity (Wildman–Crippen MR) is 115 cm³/mol. The maximum absolute atomic E-state index is 12.3. The molecule has 4 nitrogen and oxygen atoms in total. The van der Waals surface area contributed by atoms with E-state index in [4.69, 9.17) is 9.47 Å². The van der Waals surface area contributed by atoms with Gasteiger partial charge in [0.2, 0.25) is 0 Å². The van der Waals surface area contributed by atoms with Crippen LogP contribution in [0.5, 0.6) is 17.2 Å². The highest BCUT2D eigenvalue weighted by Gasteiger charge is 2.08. The molecule has 3 aromatic rings. The predicted octanol–water partition coefficient (Wildman–Crippen LogP) is 5.49. The van der Waals surface area contributed by atoms with E-state index in [0.717, 1.165) is 33.8 Å². The van der Waals surface area contributed by atoms with Crippen LogP contribution in [0.4, 0.5) is 0 Å². The second-order valence-corrected chi connectivity index (χ2v) is 6.88. The van der Waals surface area contributed by atoms with Crippen molar-refractivity contribution in [3.63, 3.8) is 0 Å². The fourth-order valence-electron chi connectivity index (χ4n) is 2.96. The Hall–Kier alpha value is -3.53. The molecule has 0 aromatic heterocycles. The first-order chi connectivity index (χ1) is 14.0. The topological polar surface area (TPSA) is 55.8 Å². The van der Waals surface area contributed by atoms with E-state index >= 15 is 0 Å². The number of phenolic OH excluding ortho intramolecular Hbond substituents is 1. The van der Waals surface area contributed by atoms with Gasteiger partial charge < -0.3 is 14.6 Å². The van der Waals surface area contributed by atoms with E-state index in [1.165, 1.54) is 18.2 Å². The van der Waals surface area contributed by atoms with Crippen LogP contribution in [0.3, 0.4) is 0 Å². The van der Waals surface area contributed by atoms with E-state index in [2.05, 4.69) is 6.07 Å². The number of carbonyl (C=O) groups excluding carboxylic acids is 1. The van der Waals surface area contributed by atoms with Crippen molar-refractivity contribution in [2.24, 2.45) is 0 Å². The summed E-state index contributed by atoms with van der Waals surface area (Å²) in [6.07, 6.45) is 3.24. The Labute approximate surface area is 171 Å². The summed E-state index contributed by atoms with van der Waals surface area (Å²) in [6.45, 7) is 4.40. The van der Waals surface area contributed by atoms with Crippen LogP contribution in [0.1, 0.15) is 32.6 Å². The Morgan fingerprint density at radius 3 is 2.59 bits per heavy atom. The number of phenols is 1. The first kappa shape index (κ1) is 20.2. The second kappa shape index (κ2) is 9.11. The third-order valence-corrected chi connectivity index (χ3v) is 4.59. The molecule has 3 rings (SSSR count). The molecule has 0 atom stereocenters. The lowest BCUT2D eigenvalue weighted by Gasteiger charge is -2.13. The van der Waals surface area contributed by atoms with Gasteiger partial charge >= 0.3 is 0 Å². The van der Waals surface area contributed by atoms with Crippen molar-refractivity contribution in [3.8, 4) is 17.2 Å². The molecule has 0 aliphatic rings. The number of benzene rings is 3. The van der Waals surface area contributed by atoms with E-state index in [0.29, 0.717) is 12.2 Å². The lowest BCUT2D eigenvalue weighted by Crippen LogP contribution is -2.01. The fraction of sp³-hybridized carbons (Fsp3) is 0.160. The third kappa shape index (κ3) is 5.26. The van der Waals surface area contributed by atoms with Crippen LogP contribution >= 0.6 is 0 Å². The fourth-order valence-corrected chi connectivity index (χ4v) is 2.96. The van der Waals surface area contributed by atoms with Crippen LogP contribution in [0.2, 0.25) is 0 Å². The van der Waals surface area contributed by atoms with E-state index in [1.807, 2.05) is 44.2 Å². The van der Waals surface area contributed by atoms with Gasteiger partial charge in [-0.25, -0.2) is 0 Å². The van der Waals surface area contributed by atoms with Crippen molar-refractivity contribution in [1.29, 1.82) is 0 Å². The van der Waals surface area contributed by atoms with Gasteiger partial charge in [0.1, 0.15) is 23.9 Å². The van der Waals surface area contributed by atoms with E-state index < -0.39 is 0 Å². The maximum Gasteiger partial charge on any atom is 0.185 e. The summed E-state index contributed by atoms with van der Waals surface area (Å²) in [5, 5.41) is 9.53. The molecule has 148 valence electrons. The summed E-state index contributed by atoms with van der Waals surface area (Å²) in [5.41, 5.74) is 4.40. The molecule has 3 aromatic carbocycles. The lowest BCUT2D eigenvalue weighted by molar-refractivity contribution is 0.104. The van der Waals surface area contributed by atoms with Crippen LogP contribution < -0.4 is 9.47 Å². The van der Waals surface area contributed by atoms with Gasteiger partial charge in [-0.2, -0.15) is 0 Å². The Balaban J connectivity index is 1.77. The smallest absolute Gasteiger partial charge is 0.185 e. The summed E-state index contributed by atoms with van der Waals surface area (Å²) in [5.74, 6) is 1.46. The normalized spacial score (nSPS) is 10.9. The average Bonchev–Trinajstić information content (AvgIpc) is 2.72. The van der Waals surface area contributed by atoms with Crippen molar-refractivity contribution in [2.75, 3.05) is 7.11 Å². The number of ketones is 1. The molecular weight excluding hydrogens is 364 g/mol. The number of carbonyl (C=O) groups is 1. The van der Waals surface area contributed by atoms with E-state index in [-0.39, 0.29) is 11.5 Å². The number of aromatic hydroxyl groups is 1. The van der Waals surface area contributed by atoms with Gasteiger partial charge in [0.15, 0.2) is 5.78 Å². The second-order valence-electron chi connectivity index (χ2n) is 6.88. The molecule has 0 fully saturated rings. The van der Waals surface area contributed by atoms with Crippen LogP contribution in [0.15, 0.2) is 66.7 Å². The summed E-state index contributed by atoms with van der Waals surface area (Å²) < 4.78 is 11.5. The summed E-state index contributed by atoms with van der Waals surface area (Å²) in [7, 11) is 1.62. The molecule has 0 saturated carbocycles. The van der Waals surface area contributed by atoms with Gasteiger partial charge in [0.05, 0.1) is 7.11 Å². The van der Waals surface area contributed by atoms with Crippen LogP contribution in [0, 0.1) is 13.8 Å². The number of hydrogen-bond acceptors (Lipinski definition) is 4. The molecule has 0 unspecified atom stereocenters. The van der Waals surface area contributed by atoms with E-state index in [9.17, 15) is 9.90 Å². The maximum atomic E-state index is 12.3. The lowest BCUT2D eigenvalue weighted by atomic mass is 10.1. The van der Waals surface area contributed by atoms with Gasteiger partial charge in [0.25, 0.3) is 0 Å². The van der Waals surface area contributed by atoms with Gasteiger partial charge in [-0.15, -0.1) is 0 Å². The van der Waals surface area contributed by atoms with Crippen LogP contribution in [0.25, 0.3) is 6.08 Å².